The zero-order valence-corrected chi connectivity index (χ0v) is 14.7. The molecule has 2 aliphatic carbocycles. The quantitative estimate of drug-likeness (QED) is 0.772. The number of benzene rings is 1. The average Bonchev–Trinajstić information content (AvgIpc) is 2.62. The largest absolute Gasteiger partial charge is 0.455 e. The number of ether oxygens (including phenoxy) is 1. The van der Waals surface area contributed by atoms with Gasteiger partial charge in [-0.05, 0) is 69.6 Å². The molecule has 0 bridgehead atoms. The molecule has 0 N–H and O–H groups in total. The number of aryl methyl sites for hydroxylation is 1. The van der Waals surface area contributed by atoms with Crippen LogP contribution in [0.1, 0.15) is 62.7 Å². The summed E-state index contributed by atoms with van der Waals surface area (Å²) >= 11 is 0. The molecule has 2 aromatic rings. The maximum Gasteiger partial charge on any atom is 0.294 e. The topological polar surface area (TPSA) is 51.5 Å². The molecule has 1 aromatic heterocycles. The fourth-order valence-corrected chi connectivity index (χ4v) is 4.20. The van der Waals surface area contributed by atoms with Crippen LogP contribution in [0.25, 0.3) is 10.9 Å². The minimum Gasteiger partial charge on any atom is -0.455 e. The number of carbonyl (C=O) groups excluding carboxylic acids is 1. The van der Waals surface area contributed by atoms with Crippen LogP contribution in [0.5, 0.6) is 0 Å². The van der Waals surface area contributed by atoms with Crippen molar-refractivity contribution in [3.63, 3.8) is 0 Å². The van der Waals surface area contributed by atoms with Gasteiger partial charge in [-0.1, -0.05) is 18.2 Å². The number of pyridine rings is 1. The third-order valence-electron chi connectivity index (χ3n) is 5.63. The van der Waals surface area contributed by atoms with Crippen LogP contribution in [0.4, 0.5) is 0 Å². The summed E-state index contributed by atoms with van der Waals surface area (Å²) in [5.74, 6) is 0. The zero-order chi connectivity index (χ0) is 17.3. The summed E-state index contributed by atoms with van der Waals surface area (Å²) in [6, 6.07) is 10.7. The summed E-state index contributed by atoms with van der Waals surface area (Å²) in [6.45, 7) is 2.58. The predicted octanol–water partition coefficient (Wildman–Crippen LogP) is 4.56. The van der Waals surface area contributed by atoms with Crippen molar-refractivity contribution in [3.05, 3.63) is 41.6 Å². The molecule has 0 saturated heterocycles. The molecule has 1 heterocycles. The Morgan fingerprint density at radius 3 is 3.00 bits per heavy atom. The Bertz CT molecular complexity index is 830. The summed E-state index contributed by atoms with van der Waals surface area (Å²) in [4.78, 5) is 21.0. The molecule has 0 amide bonds. The van der Waals surface area contributed by atoms with Crippen molar-refractivity contribution in [1.82, 2.24) is 4.98 Å². The molecule has 0 spiro atoms. The first-order chi connectivity index (χ1) is 12.2. The van der Waals surface area contributed by atoms with Gasteiger partial charge in [0.25, 0.3) is 6.47 Å². The van der Waals surface area contributed by atoms with Crippen molar-refractivity contribution in [3.8, 4) is 0 Å². The second-order valence-corrected chi connectivity index (χ2v) is 7.35. The van der Waals surface area contributed by atoms with E-state index in [1.807, 2.05) is 13.0 Å². The number of hydrogen-bond acceptors (Lipinski definition) is 4. The molecule has 4 heteroatoms. The first-order valence-electron chi connectivity index (χ1n) is 9.27. The highest BCUT2D eigenvalue weighted by molar-refractivity contribution is 5.94. The lowest BCUT2D eigenvalue weighted by Crippen LogP contribution is -2.41. The van der Waals surface area contributed by atoms with Crippen LogP contribution in [0.15, 0.2) is 35.3 Å². The molecule has 0 radical (unpaired) electrons. The van der Waals surface area contributed by atoms with Crippen LogP contribution in [0, 0.1) is 0 Å². The summed E-state index contributed by atoms with van der Waals surface area (Å²) in [6.07, 6.45) is 7.13. The van der Waals surface area contributed by atoms with E-state index < -0.39 is 5.60 Å². The summed E-state index contributed by atoms with van der Waals surface area (Å²) in [7, 11) is 0. The molecular formula is C21H24N2O2. The third kappa shape index (κ3) is 3.06. The van der Waals surface area contributed by atoms with Crippen molar-refractivity contribution in [2.45, 2.75) is 63.5 Å². The number of carbonyl (C=O) groups is 1. The minimum atomic E-state index is -0.540. The van der Waals surface area contributed by atoms with Crippen LogP contribution >= 0.6 is 0 Å². The maximum absolute atomic E-state index is 11.0. The van der Waals surface area contributed by atoms with Gasteiger partial charge in [0.05, 0.1) is 17.3 Å². The van der Waals surface area contributed by atoms with E-state index in [0.717, 1.165) is 56.2 Å². The Kier molecular flexibility index (Phi) is 4.28. The Morgan fingerprint density at radius 2 is 2.12 bits per heavy atom. The van der Waals surface area contributed by atoms with E-state index in [0.29, 0.717) is 6.47 Å². The number of aliphatic imine (C=N–C) groups is 1. The van der Waals surface area contributed by atoms with Gasteiger partial charge >= 0.3 is 0 Å². The second-order valence-electron chi connectivity index (χ2n) is 7.35. The molecule has 25 heavy (non-hydrogen) atoms. The van der Waals surface area contributed by atoms with Gasteiger partial charge in [0, 0.05) is 11.1 Å². The first-order valence-corrected chi connectivity index (χ1v) is 9.27. The van der Waals surface area contributed by atoms with Crippen molar-refractivity contribution in [2.24, 2.45) is 4.99 Å². The molecule has 0 aliphatic heterocycles. The van der Waals surface area contributed by atoms with E-state index in [2.05, 4.69) is 24.3 Å². The Morgan fingerprint density at radius 1 is 1.24 bits per heavy atom. The lowest BCUT2D eigenvalue weighted by Gasteiger charge is -2.35. The zero-order valence-electron chi connectivity index (χ0n) is 14.7. The van der Waals surface area contributed by atoms with Gasteiger partial charge in [-0.2, -0.15) is 0 Å². The van der Waals surface area contributed by atoms with Crippen molar-refractivity contribution in [2.75, 3.05) is 0 Å². The highest BCUT2D eigenvalue weighted by Crippen LogP contribution is 2.37. The first kappa shape index (κ1) is 16.2. The molecule has 2 unspecified atom stereocenters. The van der Waals surface area contributed by atoms with E-state index in [9.17, 15) is 4.79 Å². The van der Waals surface area contributed by atoms with E-state index in [1.165, 1.54) is 16.6 Å². The summed E-state index contributed by atoms with van der Waals surface area (Å²) < 4.78 is 5.46. The number of hydrogen-bond donors (Lipinski definition) is 0. The average molecular weight is 336 g/mol. The monoisotopic (exact) mass is 336 g/mol. The number of nitrogens with zero attached hydrogens (tertiary/aromatic N) is 2. The van der Waals surface area contributed by atoms with Gasteiger partial charge in [0.2, 0.25) is 0 Å². The number of para-hydroxylation sites is 1. The Labute approximate surface area is 148 Å². The molecule has 2 aliphatic rings. The van der Waals surface area contributed by atoms with Crippen molar-refractivity contribution in [1.29, 1.82) is 0 Å². The van der Waals surface area contributed by atoms with Gasteiger partial charge in [-0.3, -0.25) is 14.8 Å². The smallest absolute Gasteiger partial charge is 0.294 e. The van der Waals surface area contributed by atoms with Crippen LogP contribution in [-0.4, -0.2) is 22.8 Å². The van der Waals surface area contributed by atoms with Crippen LogP contribution < -0.4 is 0 Å². The lowest BCUT2D eigenvalue weighted by atomic mass is 9.83. The molecule has 1 saturated carbocycles. The summed E-state index contributed by atoms with van der Waals surface area (Å²) in [5, 5.41) is 1.17. The fourth-order valence-electron chi connectivity index (χ4n) is 4.20. The van der Waals surface area contributed by atoms with Gasteiger partial charge < -0.3 is 4.74 Å². The van der Waals surface area contributed by atoms with Gasteiger partial charge in [0.1, 0.15) is 5.60 Å². The molecular weight excluding hydrogens is 312 g/mol. The van der Waals surface area contributed by atoms with Crippen molar-refractivity contribution >= 4 is 23.1 Å². The van der Waals surface area contributed by atoms with E-state index in [1.54, 1.807) is 0 Å². The summed E-state index contributed by atoms with van der Waals surface area (Å²) in [5.41, 5.74) is 3.98. The minimum absolute atomic E-state index is 0.128. The normalized spacial score (nSPS) is 27.9. The Hall–Kier alpha value is -2.23. The number of rotatable bonds is 3. The fraction of sp³-hybridized carbons (Fsp3) is 0.476. The molecule has 1 fully saturated rings. The van der Waals surface area contributed by atoms with Crippen LogP contribution in [0.3, 0.4) is 0 Å². The standard InChI is InChI=1S/C21H24N2O2/c1-21(25-14-24)12-5-4-11-20(21)23-19-10-6-9-18-16(19)13-15-7-2-3-8-17(15)22-18/h2-3,7-8,13-14,19H,4-6,9-12H2,1H3. The van der Waals surface area contributed by atoms with Crippen LogP contribution in [0.2, 0.25) is 0 Å². The Balaban J connectivity index is 1.74. The maximum atomic E-state index is 11.0. The lowest BCUT2D eigenvalue weighted by molar-refractivity contribution is -0.137. The molecule has 2 atom stereocenters. The molecule has 4 rings (SSSR count). The predicted molar refractivity (Wildman–Crippen MR) is 98.9 cm³/mol. The van der Waals surface area contributed by atoms with Crippen LogP contribution in [-0.2, 0) is 16.0 Å². The van der Waals surface area contributed by atoms with Gasteiger partial charge in [-0.25, -0.2) is 0 Å². The second kappa shape index (κ2) is 6.58. The number of fused-ring (bicyclic) bond motifs is 2. The van der Waals surface area contributed by atoms with E-state index >= 15 is 0 Å². The van der Waals surface area contributed by atoms with E-state index in [4.69, 9.17) is 14.7 Å². The highest BCUT2D eigenvalue weighted by atomic mass is 16.5. The van der Waals surface area contributed by atoms with Gasteiger partial charge in [0.15, 0.2) is 0 Å². The molecule has 130 valence electrons. The highest BCUT2D eigenvalue weighted by Gasteiger charge is 2.36. The molecule has 4 nitrogen and oxygen atoms in total. The van der Waals surface area contributed by atoms with Gasteiger partial charge in [-0.15, -0.1) is 0 Å². The SMILES string of the molecule is CC1(OC=O)CCCCC1=NC1CCCc2nc3ccccc3cc21. The van der Waals surface area contributed by atoms with Crippen molar-refractivity contribution < 1.29 is 9.53 Å². The number of aromatic nitrogens is 1. The molecule has 1 aromatic carbocycles. The third-order valence-corrected chi connectivity index (χ3v) is 5.63. The van der Waals surface area contributed by atoms with E-state index in [-0.39, 0.29) is 6.04 Å².